The van der Waals surface area contributed by atoms with Gasteiger partial charge in [-0.25, -0.2) is 9.59 Å². The second kappa shape index (κ2) is 7.79. The van der Waals surface area contributed by atoms with Crippen LogP contribution in [0.5, 0.6) is 5.75 Å². The van der Waals surface area contributed by atoms with Gasteiger partial charge >= 0.3 is 11.9 Å². The van der Waals surface area contributed by atoms with E-state index in [0.717, 1.165) is 0 Å². The van der Waals surface area contributed by atoms with E-state index in [4.69, 9.17) is 14.2 Å². The van der Waals surface area contributed by atoms with Crippen molar-refractivity contribution in [3.05, 3.63) is 72.0 Å². The molecular formula is C18H16O5. The van der Waals surface area contributed by atoms with Gasteiger partial charge in [-0.3, -0.25) is 0 Å². The van der Waals surface area contributed by atoms with E-state index in [9.17, 15) is 9.59 Å². The molecule has 5 heteroatoms. The molecule has 0 spiro atoms. The van der Waals surface area contributed by atoms with Gasteiger partial charge in [-0.2, -0.15) is 0 Å². The normalized spacial score (nSPS) is 10.8. The van der Waals surface area contributed by atoms with Crippen molar-refractivity contribution in [1.29, 1.82) is 0 Å². The number of esters is 2. The lowest BCUT2D eigenvalue weighted by Gasteiger charge is -2.11. The van der Waals surface area contributed by atoms with Crippen molar-refractivity contribution in [2.24, 2.45) is 0 Å². The molecule has 5 nitrogen and oxygen atoms in total. The molecule has 2 aromatic rings. The van der Waals surface area contributed by atoms with Crippen LogP contribution in [0, 0.1) is 0 Å². The molecule has 0 unspecified atom stereocenters. The van der Waals surface area contributed by atoms with E-state index in [1.165, 1.54) is 20.5 Å². The maximum Gasteiger partial charge on any atom is 0.343 e. The molecule has 0 bridgehead atoms. The number of benzene rings is 2. The Balaban J connectivity index is 2.36. The highest BCUT2D eigenvalue weighted by Gasteiger charge is 2.19. The molecule has 0 saturated carbocycles. The topological polar surface area (TPSA) is 61.8 Å². The minimum Gasteiger partial charge on any atom is -0.503 e. The molecule has 118 valence electrons. The SMILES string of the molecule is CO/C=C(\C(=O)OC)c1ccccc1OC(=O)c1ccccc1. The Hall–Kier alpha value is -3.08. The molecule has 0 aromatic heterocycles. The van der Waals surface area contributed by atoms with Crippen LogP contribution in [0.2, 0.25) is 0 Å². The predicted octanol–water partition coefficient (Wildman–Crippen LogP) is 3.07. The highest BCUT2D eigenvalue weighted by Crippen LogP contribution is 2.27. The largest absolute Gasteiger partial charge is 0.503 e. The molecule has 0 saturated heterocycles. The number of carbonyl (C=O) groups excluding carboxylic acids is 2. The fourth-order valence-electron chi connectivity index (χ4n) is 1.96. The Labute approximate surface area is 134 Å². The summed E-state index contributed by atoms with van der Waals surface area (Å²) in [5.41, 5.74) is 0.981. The van der Waals surface area contributed by atoms with Gasteiger partial charge in [0.15, 0.2) is 0 Å². The highest BCUT2D eigenvalue weighted by atomic mass is 16.5. The molecule has 2 rings (SSSR count). The molecule has 0 fully saturated rings. The van der Waals surface area contributed by atoms with Crippen molar-refractivity contribution >= 4 is 17.5 Å². The standard InChI is InChI=1S/C18H16O5/c1-21-12-15(18(20)22-2)14-10-6-7-11-16(14)23-17(19)13-8-4-3-5-9-13/h3-12H,1-2H3/b15-12-. The number of hydrogen-bond acceptors (Lipinski definition) is 5. The van der Waals surface area contributed by atoms with Crippen LogP contribution in [-0.4, -0.2) is 26.2 Å². The third kappa shape index (κ3) is 3.97. The predicted molar refractivity (Wildman–Crippen MR) is 84.8 cm³/mol. The smallest absolute Gasteiger partial charge is 0.343 e. The van der Waals surface area contributed by atoms with Gasteiger partial charge in [-0.1, -0.05) is 36.4 Å². The van der Waals surface area contributed by atoms with Crippen molar-refractivity contribution in [3.8, 4) is 5.75 Å². The van der Waals surface area contributed by atoms with E-state index in [1.807, 2.05) is 0 Å². The van der Waals surface area contributed by atoms with Gasteiger partial charge < -0.3 is 14.2 Å². The molecule has 0 aliphatic carbocycles. The summed E-state index contributed by atoms with van der Waals surface area (Å²) < 4.78 is 15.1. The Morgan fingerprint density at radius 3 is 2.22 bits per heavy atom. The molecule has 0 aliphatic rings. The van der Waals surface area contributed by atoms with Crippen LogP contribution in [0.3, 0.4) is 0 Å². The van der Waals surface area contributed by atoms with Gasteiger partial charge in [-0.15, -0.1) is 0 Å². The lowest BCUT2D eigenvalue weighted by Crippen LogP contribution is -2.11. The maximum atomic E-state index is 12.2. The molecule has 0 N–H and O–H groups in total. The van der Waals surface area contributed by atoms with Gasteiger partial charge in [0.2, 0.25) is 0 Å². The van der Waals surface area contributed by atoms with E-state index in [-0.39, 0.29) is 11.3 Å². The van der Waals surface area contributed by atoms with Crippen molar-refractivity contribution in [1.82, 2.24) is 0 Å². The second-order valence-corrected chi connectivity index (χ2v) is 4.51. The third-order valence-electron chi connectivity index (χ3n) is 3.03. The summed E-state index contributed by atoms with van der Waals surface area (Å²) in [4.78, 5) is 24.1. The van der Waals surface area contributed by atoms with Gasteiger partial charge in [0.1, 0.15) is 11.3 Å². The van der Waals surface area contributed by atoms with E-state index in [0.29, 0.717) is 11.1 Å². The van der Waals surface area contributed by atoms with Gasteiger partial charge in [0.05, 0.1) is 26.0 Å². The number of ether oxygens (including phenoxy) is 3. The number of methoxy groups -OCH3 is 2. The molecule has 0 heterocycles. The van der Waals surface area contributed by atoms with Gasteiger partial charge in [0.25, 0.3) is 0 Å². The first-order chi connectivity index (χ1) is 11.2. The fraction of sp³-hybridized carbons (Fsp3) is 0.111. The lowest BCUT2D eigenvalue weighted by molar-refractivity contribution is -0.133. The van der Waals surface area contributed by atoms with Gasteiger partial charge in [-0.05, 0) is 18.2 Å². The Morgan fingerprint density at radius 2 is 1.57 bits per heavy atom. The Morgan fingerprint density at radius 1 is 0.913 bits per heavy atom. The summed E-state index contributed by atoms with van der Waals surface area (Å²) >= 11 is 0. The Kier molecular flexibility index (Phi) is 5.52. The van der Waals surface area contributed by atoms with Crippen LogP contribution in [-0.2, 0) is 14.3 Å². The average Bonchev–Trinajstić information content (AvgIpc) is 2.60. The average molecular weight is 312 g/mol. The maximum absolute atomic E-state index is 12.2. The van der Waals surface area contributed by atoms with Crippen LogP contribution in [0.4, 0.5) is 0 Å². The molecule has 0 radical (unpaired) electrons. The van der Waals surface area contributed by atoms with Crippen LogP contribution in [0.15, 0.2) is 60.9 Å². The molecule has 0 aliphatic heterocycles. The molecule has 23 heavy (non-hydrogen) atoms. The summed E-state index contributed by atoms with van der Waals surface area (Å²) in [6.45, 7) is 0. The van der Waals surface area contributed by atoms with Crippen molar-refractivity contribution in [3.63, 3.8) is 0 Å². The number of carbonyl (C=O) groups is 2. The lowest BCUT2D eigenvalue weighted by atomic mass is 10.1. The summed E-state index contributed by atoms with van der Waals surface area (Å²) in [6, 6.07) is 15.3. The summed E-state index contributed by atoms with van der Waals surface area (Å²) in [5, 5.41) is 0. The fourth-order valence-corrected chi connectivity index (χ4v) is 1.96. The molecule has 0 atom stereocenters. The number of rotatable bonds is 5. The zero-order valence-corrected chi connectivity index (χ0v) is 12.8. The monoisotopic (exact) mass is 312 g/mol. The molecular weight excluding hydrogens is 296 g/mol. The number of para-hydroxylation sites is 1. The van der Waals surface area contributed by atoms with E-state index >= 15 is 0 Å². The van der Waals surface area contributed by atoms with Gasteiger partial charge in [0, 0.05) is 5.56 Å². The minimum absolute atomic E-state index is 0.159. The Bertz CT molecular complexity index is 719. The van der Waals surface area contributed by atoms with Crippen LogP contribution >= 0.6 is 0 Å². The van der Waals surface area contributed by atoms with Crippen molar-refractivity contribution in [2.45, 2.75) is 0 Å². The minimum atomic E-state index is -0.588. The first kappa shape index (κ1) is 16.3. The summed E-state index contributed by atoms with van der Waals surface area (Å²) in [7, 11) is 2.69. The first-order valence-electron chi connectivity index (χ1n) is 6.85. The summed E-state index contributed by atoms with van der Waals surface area (Å²) in [5.74, 6) is -0.857. The second-order valence-electron chi connectivity index (χ2n) is 4.51. The zero-order chi connectivity index (χ0) is 16.7. The quantitative estimate of drug-likeness (QED) is 0.367. The van der Waals surface area contributed by atoms with E-state index in [2.05, 4.69) is 0 Å². The summed E-state index contributed by atoms with van der Waals surface area (Å²) in [6.07, 6.45) is 1.25. The van der Waals surface area contributed by atoms with Crippen molar-refractivity contribution in [2.75, 3.05) is 14.2 Å². The van der Waals surface area contributed by atoms with Crippen LogP contribution < -0.4 is 4.74 Å². The van der Waals surface area contributed by atoms with E-state index < -0.39 is 11.9 Å². The third-order valence-corrected chi connectivity index (χ3v) is 3.03. The molecule has 2 aromatic carbocycles. The van der Waals surface area contributed by atoms with E-state index in [1.54, 1.807) is 54.6 Å². The molecule has 0 amide bonds. The first-order valence-corrected chi connectivity index (χ1v) is 6.85. The van der Waals surface area contributed by atoms with Crippen LogP contribution in [0.1, 0.15) is 15.9 Å². The van der Waals surface area contributed by atoms with Crippen molar-refractivity contribution < 1.29 is 23.8 Å². The highest BCUT2D eigenvalue weighted by molar-refractivity contribution is 6.17. The zero-order valence-electron chi connectivity index (χ0n) is 12.8. The van der Waals surface area contributed by atoms with Crippen LogP contribution in [0.25, 0.3) is 5.57 Å². The number of hydrogen-bond donors (Lipinski definition) is 0.